The Morgan fingerprint density at radius 2 is 1.89 bits per heavy atom. The van der Waals surface area contributed by atoms with Gasteiger partial charge in [0.2, 0.25) is 0 Å². The van der Waals surface area contributed by atoms with Crippen molar-refractivity contribution in [3.05, 3.63) is 0 Å². The van der Waals surface area contributed by atoms with Gasteiger partial charge in [0.15, 0.2) is 0 Å². The number of hydrogen-bond donors (Lipinski definition) is 2. The van der Waals surface area contributed by atoms with Crippen LogP contribution in [0, 0.1) is 5.41 Å². The summed E-state index contributed by atoms with van der Waals surface area (Å²) in [4.78, 5) is 12.3. The van der Waals surface area contributed by atoms with E-state index in [0.29, 0.717) is 5.41 Å². The fourth-order valence-electron chi connectivity index (χ4n) is 2.62. The molecule has 2 fully saturated rings. The minimum absolute atomic E-state index is 0. The molecule has 4 nitrogen and oxygen atoms in total. The normalized spacial score (nSPS) is 23.9. The number of piperidine rings is 1. The Labute approximate surface area is 116 Å². The molecule has 0 spiro atoms. The highest BCUT2D eigenvalue weighted by atomic mass is 35.5. The summed E-state index contributed by atoms with van der Waals surface area (Å²) in [5.74, 6) is 0.0845. The van der Waals surface area contributed by atoms with E-state index in [1.54, 1.807) is 7.11 Å². The molecule has 2 aliphatic rings. The first-order valence-corrected chi connectivity index (χ1v) is 6.71. The summed E-state index contributed by atoms with van der Waals surface area (Å²) in [6, 6.07) is 0. The quantitative estimate of drug-likeness (QED) is 0.800. The van der Waals surface area contributed by atoms with Gasteiger partial charge in [-0.3, -0.25) is 4.79 Å². The molecular formula is C13H25ClN2O2. The molecule has 0 unspecified atom stereocenters. The number of hydrogen-bond acceptors (Lipinski definition) is 3. The van der Waals surface area contributed by atoms with Gasteiger partial charge in [0.25, 0.3) is 5.91 Å². The van der Waals surface area contributed by atoms with Gasteiger partial charge in [0.05, 0.1) is 0 Å². The van der Waals surface area contributed by atoms with E-state index < -0.39 is 5.60 Å². The maximum absolute atomic E-state index is 12.3. The minimum atomic E-state index is -0.588. The zero-order chi connectivity index (χ0) is 12.4. The highest BCUT2D eigenvalue weighted by Gasteiger charge is 2.44. The molecule has 106 valence electrons. The average molecular weight is 277 g/mol. The molecule has 0 aromatic heterocycles. The monoisotopic (exact) mass is 276 g/mol. The van der Waals surface area contributed by atoms with Crippen molar-refractivity contribution < 1.29 is 9.53 Å². The molecule has 0 atom stereocenters. The first-order valence-electron chi connectivity index (χ1n) is 6.71. The summed E-state index contributed by atoms with van der Waals surface area (Å²) in [5, 5.41) is 6.37. The fourth-order valence-corrected chi connectivity index (χ4v) is 2.62. The number of carbonyl (C=O) groups is 1. The van der Waals surface area contributed by atoms with Gasteiger partial charge in [-0.1, -0.05) is 6.92 Å². The van der Waals surface area contributed by atoms with Crippen LogP contribution in [-0.4, -0.2) is 38.3 Å². The van der Waals surface area contributed by atoms with Gasteiger partial charge < -0.3 is 15.4 Å². The van der Waals surface area contributed by atoms with Crippen LogP contribution in [0.3, 0.4) is 0 Å². The van der Waals surface area contributed by atoms with Crippen LogP contribution in [0.5, 0.6) is 0 Å². The summed E-state index contributed by atoms with van der Waals surface area (Å²) in [6.07, 6.45) is 5.22. The standard InChI is InChI=1S/C13H24N2O2.ClH/c1-3-12(4-5-12)10-15-11(16)13(17-2)6-8-14-9-7-13;/h14H,3-10H2,1-2H3,(H,15,16);1H. The van der Waals surface area contributed by atoms with Gasteiger partial charge in [0, 0.05) is 13.7 Å². The third-order valence-electron chi connectivity index (χ3n) is 4.55. The lowest BCUT2D eigenvalue weighted by molar-refractivity contribution is -0.147. The SMILES string of the molecule is CCC1(CNC(=O)C2(OC)CCNCC2)CC1.Cl. The fraction of sp³-hybridized carbons (Fsp3) is 0.923. The molecule has 0 radical (unpaired) electrons. The maximum atomic E-state index is 12.3. The molecule has 1 saturated carbocycles. The Bertz CT molecular complexity index is 287. The molecular weight excluding hydrogens is 252 g/mol. The number of amides is 1. The average Bonchev–Trinajstić information content (AvgIpc) is 3.17. The van der Waals surface area contributed by atoms with Gasteiger partial charge in [-0.05, 0) is 50.6 Å². The molecule has 1 saturated heterocycles. The van der Waals surface area contributed by atoms with Gasteiger partial charge in [-0.2, -0.15) is 0 Å². The zero-order valence-electron chi connectivity index (χ0n) is 11.4. The van der Waals surface area contributed by atoms with Crippen molar-refractivity contribution in [1.29, 1.82) is 0 Å². The van der Waals surface area contributed by atoms with E-state index in [4.69, 9.17) is 4.74 Å². The van der Waals surface area contributed by atoms with Crippen LogP contribution < -0.4 is 10.6 Å². The summed E-state index contributed by atoms with van der Waals surface area (Å²) < 4.78 is 5.51. The van der Waals surface area contributed by atoms with E-state index in [9.17, 15) is 4.79 Å². The van der Waals surface area contributed by atoms with Gasteiger partial charge in [-0.15, -0.1) is 12.4 Å². The third-order valence-corrected chi connectivity index (χ3v) is 4.55. The molecule has 5 heteroatoms. The third kappa shape index (κ3) is 3.16. The van der Waals surface area contributed by atoms with E-state index in [1.807, 2.05) is 0 Å². The predicted molar refractivity (Wildman–Crippen MR) is 74.1 cm³/mol. The zero-order valence-corrected chi connectivity index (χ0v) is 12.2. The number of methoxy groups -OCH3 is 1. The van der Waals surface area contributed by atoms with Crippen LogP contribution in [-0.2, 0) is 9.53 Å². The number of nitrogens with one attached hydrogen (secondary N) is 2. The number of ether oxygens (including phenoxy) is 1. The van der Waals surface area contributed by atoms with Gasteiger partial charge in [-0.25, -0.2) is 0 Å². The Morgan fingerprint density at radius 1 is 1.28 bits per heavy atom. The Balaban J connectivity index is 0.00000162. The molecule has 18 heavy (non-hydrogen) atoms. The minimum Gasteiger partial charge on any atom is -0.368 e. The van der Waals surface area contributed by atoms with E-state index in [-0.39, 0.29) is 18.3 Å². The van der Waals surface area contributed by atoms with Gasteiger partial charge in [0.1, 0.15) is 5.60 Å². The van der Waals surface area contributed by atoms with Crippen LogP contribution in [0.1, 0.15) is 39.0 Å². The Morgan fingerprint density at radius 3 is 2.33 bits per heavy atom. The molecule has 0 bridgehead atoms. The second kappa shape index (κ2) is 6.22. The first-order chi connectivity index (χ1) is 8.16. The van der Waals surface area contributed by atoms with Crippen molar-refractivity contribution in [3.8, 4) is 0 Å². The van der Waals surface area contributed by atoms with Crippen LogP contribution in [0.15, 0.2) is 0 Å². The Kier molecular flexibility index (Phi) is 5.44. The smallest absolute Gasteiger partial charge is 0.252 e. The molecule has 1 heterocycles. The van der Waals surface area contributed by atoms with E-state index in [0.717, 1.165) is 38.9 Å². The van der Waals surface area contributed by atoms with E-state index >= 15 is 0 Å². The Hall–Kier alpha value is -0.320. The first kappa shape index (κ1) is 15.7. The molecule has 2 N–H and O–H groups in total. The van der Waals surface area contributed by atoms with Crippen molar-refractivity contribution in [3.63, 3.8) is 0 Å². The van der Waals surface area contributed by atoms with Crippen LogP contribution in [0.4, 0.5) is 0 Å². The number of carbonyl (C=O) groups excluding carboxylic acids is 1. The largest absolute Gasteiger partial charge is 0.368 e. The number of rotatable bonds is 5. The lowest BCUT2D eigenvalue weighted by atomic mass is 9.90. The predicted octanol–water partition coefficient (Wildman–Crippen LogP) is 1.48. The highest BCUT2D eigenvalue weighted by molar-refractivity contribution is 5.85. The van der Waals surface area contributed by atoms with Gasteiger partial charge >= 0.3 is 0 Å². The summed E-state index contributed by atoms with van der Waals surface area (Å²) >= 11 is 0. The molecule has 0 aromatic rings. The van der Waals surface area contributed by atoms with Crippen LogP contribution in [0.2, 0.25) is 0 Å². The number of halogens is 1. The van der Waals surface area contributed by atoms with Crippen molar-refractivity contribution in [2.45, 2.75) is 44.6 Å². The second-order valence-corrected chi connectivity index (χ2v) is 5.48. The lowest BCUT2D eigenvalue weighted by Gasteiger charge is -2.35. The van der Waals surface area contributed by atoms with Crippen LogP contribution >= 0.6 is 12.4 Å². The van der Waals surface area contributed by atoms with Crippen LogP contribution in [0.25, 0.3) is 0 Å². The molecule has 1 aliphatic heterocycles. The lowest BCUT2D eigenvalue weighted by Crippen LogP contribution is -2.54. The summed E-state index contributed by atoms with van der Waals surface area (Å²) in [6.45, 7) is 4.75. The second-order valence-electron chi connectivity index (χ2n) is 5.48. The maximum Gasteiger partial charge on any atom is 0.252 e. The summed E-state index contributed by atoms with van der Waals surface area (Å²) in [5.41, 5.74) is -0.188. The van der Waals surface area contributed by atoms with E-state index in [1.165, 1.54) is 12.8 Å². The van der Waals surface area contributed by atoms with Crippen molar-refractivity contribution in [1.82, 2.24) is 10.6 Å². The molecule has 1 amide bonds. The van der Waals surface area contributed by atoms with Crippen molar-refractivity contribution in [2.75, 3.05) is 26.7 Å². The molecule has 2 rings (SSSR count). The van der Waals surface area contributed by atoms with Crippen molar-refractivity contribution >= 4 is 18.3 Å². The molecule has 0 aromatic carbocycles. The summed E-state index contributed by atoms with van der Waals surface area (Å²) in [7, 11) is 1.65. The van der Waals surface area contributed by atoms with Crippen molar-refractivity contribution in [2.24, 2.45) is 5.41 Å². The topological polar surface area (TPSA) is 50.4 Å². The molecule has 1 aliphatic carbocycles. The highest BCUT2D eigenvalue weighted by Crippen LogP contribution is 2.47. The van der Waals surface area contributed by atoms with E-state index in [2.05, 4.69) is 17.6 Å².